The smallest absolute Gasteiger partial charge is 0.212 e. The van der Waals surface area contributed by atoms with E-state index in [2.05, 4.69) is 39.4 Å². The fraction of sp³-hybridized carbons (Fsp3) is 0.364. The van der Waals surface area contributed by atoms with E-state index < -0.39 is 0 Å². The largest absolute Gasteiger partial charge is 0.383 e. The van der Waals surface area contributed by atoms with Crippen LogP contribution in [0.15, 0.2) is 59.6 Å². The number of nitriles is 1. The molecule has 1 N–H and O–H groups in total. The van der Waals surface area contributed by atoms with Crippen molar-refractivity contribution < 1.29 is 4.74 Å². The summed E-state index contributed by atoms with van der Waals surface area (Å²) in [4.78, 5) is 9.30. The highest BCUT2D eigenvalue weighted by Crippen LogP contribution is 2.20. The predicted molar refractivity (Wildman–Crippen MR) is 111 cm³/mol. The molecule has 1 atom stereocenters. The molecule has 1 unspecified atom stereocenters. The SMILES string of the molecule is COCC1CN(C(=Nc2ccccc2C)NC#N)CCN1Cc1ccccc1. The van der Waals surface area contributed by atoms with Crippen LogP contribution in [-0.4, -0.2) is 55.2 Å². The normalized spacial score (nSPS) is 18.0. The van der Waals surface area contributed by atoms with Crippen LogP contribution in [0.5, 0.6) is 0 Å². The summed E-state index contributed by atoms with van der Waals surface area (Å²) in [5, 5.41) is 12.0. The highest BCUT2D eigenvalue weighted by atomic mass is 16.5. The van der Waals surface area contributed by atoms with E-state index in [1.54, 1.807) is 7.11 Å². The molecular formula is C22H27N5O. The molecule has 0 spiro atoms. The Morgan fingerprint density at radius 1 is 1.18 bits per heavy atom. The van der Waals surface area contributed by atoms with Crippen LogP contribution in [0.25, 0.3) is 0 Å². The van der Waals surface area contributed by atoms with E-state index in [1.807, 2.05) is 43.4 Å². The molecule has 0 aromatic heterocycles. The van der Waals surface area contributed by atoms with Gasteiger partial charge in [-0.25, -0.2) is 4.99 Å². The third-order valence-corrected chi connectivity index (χ3v) is 5.00. The molecule has 1 heterocycles. The van der Waals surface area contributed by atoms with Crippen molar-refractivity contribution in [1.29, 1.82) is 5.26 Å². The molecule has 6 heteroatoms. The van der Waals surface area contributed by atoms with Gasteiger partial charge in [-0.2, -0.15) is 5.26 Å². The van der Waals surface area contributed by atoms with E-state index >= 15 is 0 Å². The van der Waals surface area contributed by atoms with Crippen LogP contribution in [0.4, 0.5) is 5.69 Å². The minimum absolute atomic E-state index is 0.224. The summed E-state index contributed by atoms with van der Waals surface area (Å²) < 4.78 is 5.48. The summed E-state index contributed by atoms with van der Waals surface area (Å²) in [6, 6.07) is 18.6. The quantitative estimate of drug-likeness (QED) is 0.376. The van der Waals surface area contributed by atoms with Gasteiger partial charge < -0.3 is 9.64 Å². The van der Waals surface area contributed by atoms with Crippen LogP contribution in [0.3, 0.4) is 0 Å². The van der Waals surface area contributed by atoms with Crippen molar-refractivity contribution in [2.45, 2.75) is 19.5 Å². The summed E-state index contributed by atoms with van der Waals surface area (Å²) in [6.07, 6.45) is 2.04. The molecule has 1 aliphatic heterocycles. The highest BCUT2D eigenvalue weighted by molar-refractivity contribution is 5.84. The summed E-state index contributed by atoms with van der Waals surface area (Å²) in [5.74, 6) is 0.595. The van der Waals surface area contributed by atoms with Crippen molar-refractivity contribution >= 4 is 11.6 Å². The number of benzene rings is 2. The van der Waals surface area contributed by atoms with Gasteiger partial charge in [-0.05, 0) is 24.1 Å². The molecule has 0 aliphatic carbocycles. The van der Waals surface area contributed by atoms with E-state index in [0.717, 1.165) is 37.4 Å². The van der Waals surface area contributed by atoms with Gasteiger partial charge in [-0.1, -0.05) is 48.5 Å². The Balaban J connectivity index is 1.77. The Morgan fingerprint density at radius 2 is 1.93 bits per heavy atom. The van der Waals surface area contributed by atoms with Crippen molar-refractivity contribution in [2.75, 3.05) is 33.4 Å². The first-order valence-electron chi connectivity index (χ1n) is 9.52. The molecule has 0 saturated carbocycles. The van der Waals surface area contributed by atoms with Crippen LogP contribution in [-0.2, 0) is 11.3 Å². The lowest BCUT2D eigenvalue weighted by Gasteiger charge is -2.42. The zero-order valence-corrected chi connectivity index (χ0v) is 16.5. The fourth-order valence-electron chi connectivity index (χ4n) is 3.49. The Bertz CT molecular complexity index is 830. The summed E-state index contributed by atoms with van der Waals surface area (Å²) in [5.41, 5.74) is 3.24. The van der Waals surface area contributed by atoms with Gasteiger partial charge in [-0.15, -0.1) is 0 Å². The number of aliphatic imine (C=N–C) groups is 1. The Labute approximate surface area is 167 Å². The van der Waals surface area contributed by atoms with Crippen LogP contribution in [0.2, 0.25) is 0 Å². The lowest BCUT2D eigenvalue weighted by atomic mass is 10.1. The maximum absolute atomic E-state index is 9.23. The molecule has 0 amide bonds. The highest BCUT2D eigenvalue weighted by Gasteiger charge is 2.29. The van der Waals surface area contributed by atoms with Gasteiger partial charge in [0.2, 0.25) is 5.96 Å². The van der Waals surface area contributed by atoms with Crippen molar-refractivity contribution in [3.63, 3.8) is 0 Å². The number of aryl methyl sites for hydroxylation is 1. The first-order valence-corrected chi connectivity index (χ1v) is 9.52. The maximum Gasteiger partial charge on any atom is 0.212 e. The minimum Gasteiger partial charge on any atom is -0.383 e. The zero-order valence-electron chi connectivity index (χ0n) is 16.5. The van der Waals surface area contributed by atoms with Gasteiger partial charge in [-0.3, -0.25) is 10.2 Å². The van der Waals surface area contributed by atoms with Gasteiger partial charge in [0, 0.05) is 33.3 Å². The van der Waals surface area contributed by atoms with Gasteiger partial charge in [0.15, 0.2) is 6.19 Å². The molecular weight excluding hydrogens is 350 g/mol. The maximum atomic E-state index is 9.23. The average Bonchev–Trinajstić information content (AvgIpc) is 2.71. The monoisotopic (exact) mass is 377 g/mol. The predicted octanol–water partition coefficient (Wildman–Crippen LogP) is 2.89. The number of piperazine rings is 1. The molecule has 0 radical (unpaired) electrons. The molecule has 1 fully saturated rings. The molecule has 2 aromatic rings. The Hall–Kier alpha value is -2.88. The number of methoxy groups -OCH3 is 1. The molecule has 28 heavy (non-hydrogen) atoms. The van der Waals surface area contributed by atoms with Crippen molar-refractivity contribution in [3.05, 3.63) is 65.7 Å². The molecule has 1 aliphatic rings. The second kappa shape index (κ2) is 9.88. The summed E-state index contributed by atoms with van der Waals surface area (Å²) in [7, 11) is 1.73. The number of ether oxygens (including phenoxy) is 1. The van der Waals surface area contributed by atoms with Crippen LogP contribution in [0, 0.1) is 18.4 Å². The van der Waals surface area contributed by atoms with Crippen LogP contribution >= 0.6 is 0 Å². The van der Waals surface area contributed by atoms with E-state index in [-0.39, 0.29) is 6.04 Å². The van der Waals surface area contributed by atoms with Crippen molar-refractivity contribution in [1.82, 2.24) is 15.1 Å². The van der Waals surface area contributed by atoms with Crippen LogP contribution < -0.4 is 5.32 Å². The lowest BCUT2D eigenvalue weighted by Crippen LogP contribution is -2.57. The van der Waals surface area contributed by atoms with Gasteiger partial charge in [0.25, 0.3) is 0 Å². The first-order chi connectivity index (χ1) is 13.7. The number of guanidine groups is 1. The topological polar surface area (TPSA) is 63.9 Å². The van der Waals surface area contributed by atoms with Gasteiger partial charge in [0.1, 0.15) is 0 Å². The van der Waals surface area contributed by atoms with Crippen molar-refractivity contribution in [2.24, 2.45) is 4.99 Å². The molecule has 146 valence electrons. The molecule has 3 rings (SSSR count). The van der Waals surface area contributed by atoms with E-state index in [0.29, 0.717) is 12.6 Å². The van der Waals surface area contributed by atoms with E-state index in [1.165, 1.54) is 5.56 Å². The fourth-order valence-corrected chi connectivity index (χ4v) is 3.49. The molecule has 0 bridgehead atoms. The number of nitrogens with one attached hydrogen (secondary N) is 1. The third kappa shape index (κ3) is 5.10. The standard InChI is InChI=1S/C22H27N5O/c1-18-8-6-7-11-21(18)25-22(24-17-23)27-13-12-26(20(15-27)16-28-2)14-19-9-4-3-5-10-19/h3-11,20H,12-16H2,1-2H3,(H,24,25). The zero-order chi connectivity index (χ0) is 19.8. The number of nitrogens with zero attached hydrogens (tertiary/aromatic N) is 4. The lowest BCUT2D eigenvalue weighted by molar-refractivity contribution is 0.0414. The van der Waals surface area contributed by atoms with E-state index in [4.69, 9.17) is 9.73 Å². The summed E-state index contributed by atoms with van der Waals surface area (Å²) >= 11 is 0. The van der Waals surface area contributed by atoms with Crippen LogP contribution in [0.1, 0.15) is 11.1 Å². The Morgan fingerprint density at radius 3 is 2.64 bits per heavy atom. The number of hydrogen-bond donors (Lipinski definition) is 1. The molecule has 2 aromatic carbocycles. The van der Waals surface area contributed by atoms with Gasteiger partial charge in [0.05, 0.1) is 18.3 Å². The summed E-state index contributed by atoms with van der Waals surface area (Å²) in [6.45, 7) is 5.97. The van der Waals surface area contributed by atoms with Gasteiger partial charge >= 0.3 is 0 Å². The molecule has 1 saturated heterocycles. The number of rotatable bonds is 5. The number of hydrogen-bond acceptors (Lipinski definition) is 4. The van der Waals surface area contributed by atoms with Crippen molar-refractivity contribution in [3.8, 4) is 6.19 Å². The minimum atomic E-state index is 0.224. The second-order valence-electron chi connectivity index (χ2n) is 6.97. The Kier molecular flexibility index (Phi) is 7.01. The second-order valence-corrected chi connectivity index (χ2v) is 6.97. The first kappa shape index (κ1) is 19.9. The number of para-hydroxylation sites is 1. The molecule has 6 nitrogen and oxygen atoms in total. The third-order valence-electron chi connectivity index (χ3n) is 5.00. The van der Waals surface area contributed by atoms with E-state index in [9.17, 15) is 5.26 Å². The average molecular weight is 377 g/mol.